The topological polar surface area (TPSA) is 96.2 Å². The van der Waals surface area contributed by atoms with Gasteiger partial charge in [0.25, 0.3) is 5.88 Å². The Morgan fingerprint density at radius 3 is 2.70 bits per heavy atom. The number of ketones is 1. The van der Waals surface area contributed by atoms with Crippen LogP contribution in [-0.4, -0.2) is 38.3 Å². The van der Waals surface area contributed by atoms with Crippen LogP contribution < -0.4 is 4.74 Å². The summed E-state index contributed by atoms with van der Waals surface area (Å²) in [5.41, 5.74) is 0.596. The van der Waals surface area contributed by atoms with Gasteiger partial charge in [-0.3, -0.25) is 9.59 Å². The lowest BCUT2D eigenvalue weighted by Crippen LogP contribution is -2.13. The van der Waals surface area contributed by atoms with Crippen molar-refractivity contribution in [3.8, 4) is 17.3 Å². The van der Waals surface area contributed by atoms with Gasteiger partial charge in [-0.2, -0.15) is 0 Å². The Hall–Kier alpha value is -3.40. The SMILES string of the molecule is CCOC(=O)CC(=O)Cc1cn(-c2ccc(Oc3ncc(Cl)cc3F)c(F)c2)nn1. The molecule has 0 aliphatic carbocycles. The Kier molecular flexibility index (Phi) is 6.68. The first-order chi connectivity index (χ1) is 14.4. The standard InChI is InChI=1S/C19H15ClF2N4O4/c1-2-29-18(28)8-14(27)6-12-10-26(25-24-12)13-3-4-17(15(21)7-13)30-19-16(22)5-11(20)9-23-19/h3-5,7,9-10H,2,6,8H2,1H3. The largest absolute Gasteiger partial charge is 0.466 e. The number of Topliss-reactive ketones (excluding diaryl/α,β-unsaturated/α-hetero) is 1. The average molecular weight is 437 g/mol. The van der Waals surface area contributed by atoms with Crippen LogP contribution in [0.5, 0.6) is 11.6 Å². The number of halogens is 3. The molecular weight excluding hydrogens is 422 g/mol. The molecule has 0 atom stereocenters. The number of ether oxygens (including phenoxy) is 2. The Labute approximate surface area is 174 Å². The molecule has 0 bridgehead atoms. The highest BCUT2D eigenvalue weighted by Gasteiger charge is 2.15. The molecule has 0 amide bonds. The first kappa shape index (κ1) is 21.3. The Morgan fingerprint density at radius 2 is 2.00 bits per heavy atom. The van der Waals surface area contributed by atoms with E-state index in [-0.39, 0.29) is 36.0 Å². The van der Waals surface area contributed by atoms with Crippen LogP contribution in [0.4, 0.5) is 8.78 Å². The maximum absolute atomic E-state index is 14.4. The van der Waals surface area contributed by atoms with Crippen molar-refractivity contribution in [2.24, 2.45) is 0 Å². The second-order valence-electron chi connectivity index (χ2n) is 6.01. The van der Waals surface area contributed by atoms with E-state index in [1.54, 1.807) is 6.92 Å². The van der Waals surface area contributed by atoms with E-state index in [0.29, 0.717) is 11.4 Å². The lowest BCUT2D eigenvalue weighted by Gasteiger charge is -2.08. The number of hydrogen-bond donors (Lipinski definition) is 0. The van der Waals surface area contributed by atoms with Gasteiger partial charge in [-0.05, 0) is 25.1 Å². The molecule has 0 radical (unpaired) electrons. The smallest absolute Gasteiger partial charge is 0.313 e. The van der Waals surface area contributed by atoms with Crippen molar-refractivity contribution in [1.82, 2.24) is 20.0 Å². The molecule has 156 valence electrons. The van der Waals surface area contributed by atoms with Crippen LogP contribution in [0.3, 0.4) is 0 Å². The molecule has 0 fully saturated rings. The van der Waals surface area contributed by atoms with Gasteiger partial charge in [-0.1, -0.05) is 16.8 Å². The number of hydrogen-bond acceptors (Lipinski definition) is 7. The molecule has 3 rings (SSSR count). The van der Waals surface area contributed by atoms with Gasteiger partial charge in [0.2, 0.25) is 0 Å². The third kappa shape index (κ3) is 5.35. The van der Waals surface area contributed by atoms with E-state index in [1.165, 1.54) is 29.2 Å². The highest BCUT2D eigenvalue weighted by Crippen LogP contribution is 2.27. The van der Waals surface area contributed by atoms with Gasteiger partial charge >= 0.3 is 5.97 Å². The molecule has 11 heteroatoms. The lowest BCUT2D eigenvalue weighted by atomic mass is 10.2. The average Bonchev–Trinajstić information content (AvgIpc) is 3.13. The van der Waals surface area contributed by atoms with Gasteiger partial charge in [0.15, 0.2) is 17.4 Å². The summed E-state index contributed by atoms with van der Waals surface area (Å²) >= 11 is 5.62. The summed E-state index contributed by atoms with van der Waals surface area (Å²) in [7, 11) is 0. The normalized spacial score (nSPS) is 10.7. The zero-order valence-electron chi connectivity index (χ0n) is 15.6. The number of aromatic nitrogens is 4. The molecule has 0 saturated heterocycles. The number of nitrogens with zero attached hydrogens (tertiary/aromatic N) is 4. The zero-order valence-corrected chi connectivity index (χ0v) is 16.4. The van der Waals surface area contributed by atoms with Gasteiger partial charge < -0.3 is 9.47 Å². The maximum Gasteiger partial charge on any atom is 0.313 e. The van der Waals surface area contributed by atoms with Crippen molar-refractivity contribution in [2.75, 3.05) is 6.61 Å². The van der Waals surface area contributed by atoms with E-state index in [1.807, 2.05) is 0 Å². The van der Waals surface area contributed by atoms with Crippen LogP contribution in [0, 0.1) is 11.6 Å². The zero-order chi connectivity index (χ0) is 21.7. The van der Waals surface area contributed by atoms with E-state index in [0.717, 1.165) is 12.1 Å². The van der Waals surface area contributed by atoms with E-state index in [4.69, 9.17) is 21.1 Å². The quantitative estimate of drug-likeness (QED) is 0.394. The monoisotopic (exact) mass is 436 g/mol. The van der Waals surface area contributed by atoms with Crippen molar-refractivity contribution in [3.05, 3.63) is 59.0 Å². The Balaban J connectivity index is 1.69. The molecule has 30 heavy (non-hydrogen) atoms. The molecule has 0 unspecified atom stereocenters. The fourth-order valence-corrected chi connectivity index (χ4v) is 2.58. The van der Waals surface area contributed by atoms with Crippen LogP contribution >= 0.6 is 11.6 Å². The van der Waals surface area contributed by atoms with Crippen molar-refractivity contribution in [1.29, 1.82) is 0 Å². The number of pyridine rings is 1. The van der Waals surface area contributed by atoms with Crippen molar-refractivity contribution < 1.29 is 27.8 Å². The van der Waals surface area contributed by atoms with Gasteiger partial charge in [-0.15, -0.1) is 5.10 Å². The summed E-state index contributed by atoms with van der Waals surface area (Å²) in [6, 6.07) is 4.83. The van der Waals surface area contributed by atoms with E-state index in [2.05, 4.69) is 15.3 Å². The van der Waals surface area contributed by atoms with E-state index >= 15 is 0 Å². The highest BCUT2D eigenvalue weighted by molar-refractivity contribution is 6.30. The summed E-state index contributed by atoms with van der Waals surface area (Å²) in [4.78, 5) is 26.9. The fraction of sp³-hybridized carbons (Fsp3) is 0.211. The minimum absolute atomic E-state index is 0.0818. The highest BCUT2D eigenvalue weighted by atomic mass is 35.5. The summed E-state index contributed by atoms with van der Waals surface area (Å²) < 4.78 is 39.3. The minimum atomic E-state index is -0.834. The summed E-state index contributed by atoms with van der Waals surface area (Å²) in [5.74, 6) is -3.29. The van der Waals surface area contributed by atoms with Crippen LogP contribution in [0.15, 0.2) is 36.7 Å². The summed E-state index contributed by atoms with van der Waals surface area (Å²) in [6.45, 7) is 1.83. The van der Waals surface area contributed by atoms with Crippen LogP contribution in [0.1, 0.15) is 19.0 Å². The minimum Gasteiger partial charge on any atom is -0.466 e. The molecule has 0 N–H and O–H groups in total. The third-order valence-corrected chi connectivity index (χ3v) is 3.93. The second kappa shape index (κ2) is 9.40. The molecule has 8 nitrogen and oxygen atoms in total. The number of esters is 1. The molecule has 0 spiro atoms. The number of rotatable bonds is 8. The Morgan fingerprint density at radius 1 is 1.20 bits per heavy atom. The van der Waals surface area contributed by atoms with Crippen LogP contribution in [-0.2, 0) is 20.7 Å². The molecule has 0 aliphatic rings. The predicted octanol–water partition coefficient (Wildman–Crippen LogP) is 3.45. The molecule has 1 aromatic carbocycles. The van der Waals surface area contributed by atoms with E-state index in [9.17, 15) is 18.4 Å². The van der Waals surface area contributed by atoms with Gasteiger partial charge in [0, 0.05) is 12.3 Å². The molecule has 2 aromatic heterocycles. The second-order valence-corrected chi connectivity index (χ2v) is 6.45. The third-order valence-electron chi connectivity index (χ3n) is 3.73. The van der Waals surface area contributed by atoms with E-state index < -0.39 is 23.5 Å². The van der Waals surface area contributed by atoms with Crippen LogP contribution in [0.2, 0.25) is 5.02 Å². The first-order valence-corrected chi connectivity index (χ1v) is 9.11. The molecule has 3 aromatic rings. The fourth-order valence-electron chi connectivity index (χ4n) is 2.44. The van der Waals surface area contributed by atoms with Gasteiger partial charge in [-0.25, -0.2) is 18.4 Å². The molecule has 0 saturated carbocycles. The predicted molar refractivity (Wildman–Crippen MR) is 101 cm³/mol. The molecular formula is C19H15ClF2N4O4. The van der Waals surface area contributed by atoms with Crippen molar-refractivity contribution >= 4 is 23.4 Å². The van der Waals surface area contributed by atoms with Crippen molar-refractivity contribution in [3.63, 3.8) is 0 Å². The maximum atomic E-state index is 14.4. The molecule has 2 heterocycles. The lowest BCUT2D eigenvalue weighted by molar-refractivity contribution is -0.145. The van der Waals surface area contributed by atoms with Crippen LogP contribution in [0.25, 0.3) is 5.69 Å². The number of benzene rings is 1. The number of carbonyl (C=O) groups is 2. The van der Waals surface area contributed by atoms with Crippen molar-refractivity contribution in [2.45, 2.75) is 19.8 Å². The Bertz CT molecular complexity index is 1090. The summed E-state index contributed by atoms with van der Waals surface area (Å²) in [6.07, 6.45) is 2.12. The number of carbonyl (C=O) groups excluding carboxylic acids is 2. The molecule has 0 aliphatic heterocycles. The summed E-state index contributed by atoms with van der Waals surface area (Å²) in [5, 5.41) is 7.76. The van der Waals surface area contributed by atoms with Gasteiger partial charge in [0.05, 0.1) is 35.6 Å². The first-order valence-electron chi connectivity index (χ1n) is 8.73. The van der Waals surface area contributed by atoms with Gasteiger partial charge in [0.1, 0.15) is 12.2 Å².